The summed E-state index contributed by atoms with van der Waals surface area (Å²) in [5, 5.41) is 9.68. The molecule has 2 aliphatic rings. The third-order valence-corrected chi connectivity index (χ3v) is 3.69. The summed E-state index contributed by atoms with van der Waals surface area (Å²) in [6, 6.07) is 0. The van der Waals surface area contributed by atoms with Crippen molar-refractivity contribution >= 4 is 5.78 Å². The van der Waals surface area contributed by atoms with Crippen molar-refractivity contribution in [2.75, 3.05) is 7.11 Å². The minimum absolute atomic E-state index is 0.0220. The normalized spacial score (nSPS) is 46.4. The molecule has 0 heterocycles. The van der Waals surface area contributed by atoms with E-state index in [4.69, 9.17) is 11.2 Å². The molecule has 4 unspecified atom stereocenters. The van der Waals surface area contributed by atoms with Gasteiger partial charge in [-0.15, -0.1) is 12.3 Å². The van der Waals surface area contributed by atoms with Gasteiger partial charge in [-0.1, -0.05) is 0 Å². The lowest BCUT2D eigenvalue weighted by molar-refractivity contribution is -0.190. The number of carbonyl (C=O) groups excluding carboxylic acids is 1. The Labute approximate surface area is 83.4 Å². The highest BCUT2D eigenvalue weighted by atomic mass is 16.5. The Bertz CT molecular complexity index is 304. The fourth-order valence-corrected chi connectivity index (χ4v) is 2.76. The fourth-order valence-electron chi connectivity index (χ4n) is 2.76. The van der Waals surface area contributed by atoms with Gasteiger partial charge in [0.1, 0.15) is 5.60 Å². The molecule has 4 atom stereocenters. The fraction of sp³-hybridized carbons (Fsp3) is 0.727. The third-order valence-electron chi connectivity index (χ3n) is 3.69. The van der Waals surface area contributed by atoms with Crippen LogP contribution in [-0.4, -0.2) is 29.7 Å². The van der Waals surface area contributed by atoms with E-state index in [9.17, 15) is 9.90 Å². The van der Waals surface area contributed by atoms with Crippen molar-refractivity contribution in [2.45, 2.75) is 31.0 Å². The summed E-state index contributed by atoms with van der Waals surface area (Å²) in [6.07, 6.45) is 6.51. The van der Waals surface area contributed by atoms with Crippen molar-refractivity contribution in [1.29, 1.82) is 0 Å². The molecule has 0 aromatic rings. The Morgan fingerprint density at radius 2 is 2.43 bits per heavy atom. The SMILES string of the molecule is C#CC1C(O)CCC2(OC)C(=O)CC12. The summed E-state index contributed by atoms with van der Waals surface area (Å²) in [5.41, 5.74) is -0.670. The molecule has 2 saturated carbocycles. The minimum atomic E-state index is -0.670. The molecule has 0 aromatic carbocycles. The van der Waals surface area contributed by atoms with Gasteiger partial charge in [-0.2, -0.15) is 0 Å². The maximum atomic E-state index is 11.5. The summed E-state index contributed by atoms with van der Waals surface area (Å²) < 4.78 is 5.31. The Hall–Kier alpha value is -0.850. The second kappa shape index (κ2) is 3.08. The van der Waals surface area contributed by atoms with Crippen molar-refractivity contribution in [3.63, 3.8) is 0 Å². The number of hydrogen-bond donors (Lipinski definition) is 1. The maximum Gasteiger partial charge on any atom is 0.165 e. The Kier molecular flexibility index (Phi) is 2.13. The minimum Gasteiger partial charge on any atom is -0.392 e. The number of ketones is 1. The van der Waals surface area contributed by atoms with Gasteiger partial charge in [0.25, 0.3) is 0 Å². The van der Waals surface area contributed by atoms with Gasteiger partial charge in [-0.3, -0.25) is 4.79 Å². The number of fused-ring (bicyclic) bond motifs is 1. The van der Waals surface area contributed by atoms with Gasteiger partial charge in [0, 0.05) is 19.4 Å². The topological polar surface area (TPSA) is 46.5 Å². The van der Waals surface area contributed by atoms with Crippen LogP contribution in [-0.2, 0) is 9.53 Å². The third kappa shape index (κ3) is 0.985. The standard InChI is InChI=1S/C11H14O3/c1-3-7-8-6-10(13)11(8,14-2)5-4-9(7)12/h1,7-9,12H,4-6H2,2H3. The van der Waals surface area contributed by atoms with Gasteiger partial charge in [0.15, 0.2) is 5.78 Å². The average Bonchev–Trinajstić information content (AvgIpc) is 2.18. The zero-order chi connectivity index (χ0) is 10.3. The van der Waals surface area contributed by atoms with Gasteiger partial charge in [-0.05, 0) is 12.8 Å². The molecule has 0 aliphatic heterocycles. The van der Waals surface area contributed by atoms with Crippen LogP contribution in [0.1, 0.15) is 19.3 Å². The molecule has 0 spiro atoms. The van der Waals surface area contributed by atoms with Crippen LogP contribution in [0, 0.1) is 24.2 Å². The van der Waals surface area contributed by atoms with Crippen molar-refractivity contribution in [3.05, 3.63) is 0 Å². The van der Waals surface area contributed by atoms with Crippen LogP contribution in [0.4, 0.5) is 0 Å². The Morgan fingerprint density at radius 1 is 1.71 bits per heavy atom. The molecule has 2 rings (SSSR count). The number of aliphatic hydroxyl groups excluding tert-OH is 1. The lowest BCUT2D eigenvalue weighted by atomic mass is 9.55. The van der Waals surface area contributed by atoms with Crippen LogP contribution >= 0.6 is 0 Å². The molecule has 76 valence electrons. The van der Waals surface area contributed by atoms with Crippen molar-refractivity contribution in [2.24, 2.45) is 11.8 Å². The second-order valence-electron chi connectivity index (χ2n) is 4.13. The van der Waals surface area contributed by atoms with Gasteiger partial charge in [0.2, 0.25) is 0 Å². The summed E-state index contributed by atoms with van der Waals surface area (Å²) in [4.78, 5) is 11.5. The van der Waals surface area contributed by atoms with Crippen LogP contribution in [0.25, 0.3) is 0 Å². The van der Waals surface area contributed by atoms with Gasteiger partial charge in [0.05, 0.1) is 12.0 Å². The molecule has 0 amide bonds. The van der Waals surface area contributed by atoms with Gasteiger partial charge >= 0.3 is 0 Å². The van der Waals surface area contributed by atoms with E-state index in [0.29, 0.717) is 19.3 Å². The number of rotatable bonds is 1. The van der Waals surface area contributed by atoms with Gasteiger partial charge < -0.3 is 9.84 Å². The number of Topliss-reactive ketones (excluding diaryl/α,β-unsaturated/α-hetero) is 1. The molecule has 0 saturated heterocycles. The summed E-state index contributed by atoms with van der Waals surface area (Å²) in [7, 11) is 1.55. The molecule has 3 nitrogen and oxygen atoms in total. The van der Waals surface area contributed by atoms with Crippen LogP contribution in [0.2, 0.25) is 0 Å². The number of hydrogen-bond acceptors (Lipinski definition) is 3. The molecular formula is C11H14O3. The number of ether oxygens (including phenoxy) is 1. The number of carbonyl (C=O) groups is 1. The van der Waals surface area contributed by atoms with E-state index in [-0.39, 0.29) is 17.6 Å². The number of terminal acetylenes is 1. The summed E-state index contributed by atoms with van der Waals surface area (Å²) in [6.45, 7) is 0. The highest BCUT2D eigenvalue weighted by Crippen LogP contribution is 2.50. The molecular weight excluding hydrogens is 180 g/mol. The Morgan fingerprint density at radius 3 is 2.93 bits per heavy atom. The lowest BCUT2D eigenvalue weighted by Gasteiger charge is -2.53. The predicted octanol–water partition coefficient (Wildman–Crippen LogP) is 0.365. The van der Waals surface area contributed by atoms with Crippen molar-refractivity contribution in [1.82, 2.24) is 0 Å². The monoisotopic (exact) mass is 194 g/mol. The molecule has 0 radical (unpaired) electrons. The lowest BCUT2D eigenvalue weighted by Crippen LogP contribution is -2.64. The molecule has 0 bridgehead atoms. The van der Waals surface area contributed by atoms with E-state index >= 15 is 0 Å². The first-order valence-electron chi connectivity index (χ1n) is 4.88. The molecule has 3 heteroatoms. The molecule has 0 aromatic heterocycles. The first-order chi connectivity index (χ1) is 6.65. The zero-order valence-corrected chi connectivity index (χ0v) is 8.19. The summed E-state index contributed by atoms with van der Waals surface area (Å²) in [5.74, 6) is 2.52. The number of aliphatic hydroxyl groups is 1. The van der Waals surface area contributed by atoms with E-state index in [1.54, 1.807) is 7.11 Å². The van der Waals surface area contributed by atoms with Crippen molar-refractivity contribution < 1.29 is 14.6 Å². The molecule has 14 heavy (non-hydrogen) atoms. The Balaban J connectivity index is 2.26. The first-order valence-corrected chi connectivity index (χ1v) is 4.88. The first kappa shape index (κ1) is 9.70. The smallest absolute Gasteiger partial charge is 0.165 e. The van der Waals surface area contributed by atoms with E-state index in [1.165, 1.54) is 0 Å². The molecule has 1 N–H and O–H groups in total. The van der Waals surface area contributed by atoms with Crippen LogP contribution in [0.5, 0.6) is 0 Å². The molecule has 2 fully saturated rings. The summed E-state index contributed by atoms with van der Waals surface area (Å²) >= 11 is 0. The van der Waals surface area contributed by atoms with E-state index < -0.39 is 11.7 Å². The van der Waals surface area contributed by atoms with Crippen LogP contribution < -0.4 is 0 Å². The maximum absolute atomic E-state index is 11.5. The zero-order valence-electron chi connectivity index (χ0n) is 8.19. The van der Waals surface area contributed by atoms with Gasteiger partial charge in [-0.25, -0.2) is 0 Å². The van der Waals surface area contributed by atoms with E-state index in [1.807, 2.05) is 0 Å². The number of methoxy groups -OCH3 is 1. The largest absolute Gasteiger partial charge is 0.392 e. The second-order valence-corrected chi connectivity index (χ2v) is 4.13. The predicted molar refractivity (Wildman–Crippen MR) is 50.4 cm³/mol. The average molecular weight is 194 g/mol. The van der Waals surface area contributed by atoms with E-state index in [2.05, 4.69) is 5.92 Å². The van der Waals surface area contributed by atoms with Crippen LogP contribution in [0.15, 0.2) is 0 Å². The quantitative estimate of drug-likeness (QED) is 0.613. The molecule has 2 aliphatic carbocycles. The highest BCUT2D eigenvalue weighted by molar-refractivity contribution is 5.94. The van der Waals surface area contributed by atoms with E-state index in [0.717, 1.165) is 0 Å². The van der Waals surface area contributed by atoms with Crippen molar-refractivity contribution in [3.8, 4) is 12.3 Å². The van der Waals surface area contributed by atoms with Crippen LogP contribution in [0.3, 0.4) is 0 Å². The highest BCUT2D eigenvalue weighted by Gasteiger charge is 2.61.